The molecular formula is C18H20O2. The third-order valence-electron chi connectivity index (χ3n) is 3.53. The minimum Gasteiger partial charge on any atom is -0.496 e. The van der Waals surface area contributed by atoms with Crippen LogP contribution in [0.5, 0.6) is 5.75 Å². The van der Waals surface area contributed by atoms with E-state index in [0.717, 1.165) is 6.42 Å². The van der Waals surface area contributed by atoms with Crippen molar-refractivity contribution in [3.05, 3.63) is 64.7 Å². The van der Waals surface area contributed by atoms with E-state index < -0.39 is 0 Å². The molecule has 0 radical (unpaired) electrons. The van der Waals surface area contributed by atoms with Gasteiger partial charge in [-0.15, -0.1) is 0 Å². The number of para-hydroxylation sites is 1. The summed E-state index contributed by atoms with van der Waals surface area (Å²) in [6.45, 7) is 4.16. The highest BCUT2D eigenvalue weighted by atomic mass is 16.5. The summed E-state index contributed by atoms with van der Waals surface area (Å²) in [6, 6.07) is 13.8. The van der Waals surface area contributed by atoms with Gasteiger partial charge in [0.2, 0.25) is 0 Å². The quantitative estimate of drug-likeness (QED) is 0.762. The van der Waals surface area contributed by atoms with Crippen molar-refractivity contribution in [2.45, 2.75) is 26.7 Å². The van der Waals surface area contributed by atoms with Crippen molar-refractivity contribution >= 4 is 5.78 Å². The molecule has 0 aromatic heterocycles. The molecule has 0 heterocycles. The van der Waals surface area contributed by atoms with Gasteiger partial charge in [0.15, 0.2) is 5.78 Å². The van der Waals surface area contributed by atoms with Crippen LogP contribution in [0.2, 0.25) is 0 Å². The second-order valence-corrected chi connectivity index (χ2v) is 5.05. The molecule has 2 aromatic carbocycles. The van der Waals surface area contributed by atoms with Gasteiger partial charge in [-0.25, -0.2) is 0 Å². The topological polar surface area (TPSA) is 26.3 Å². The normalized spacial score (nSPS) is 10.3. The first kappa shape index (κ1) is 14.3. The molecule has 104 valence electrons. The lowest BCUT2D eigenvalue weighted by atomic mass is 9.98. The molecule has 0 aliphatic heterocycles. The van der Waals surface area contributed by atoms with E-state index in [2.05, 4.69) is 32.0 Å². The number of Topliss-reactive ketones (excluding diaryl/α,β-unsaturated/α-hetero) is 1. The number of ketones is 1. The molecule has 0 N–H and O–H groups in total. The zero-order valence-corrected chi connectivity index (χ0v) is 12.3. The molecule has 0 unspecified atom stereocenters. The van der Waals surface area contributed by atoms with E-state index in [1.165, 1.54) is 16.7 Å². The monoisotopic (exact) mass is 268 g/mol. The SMILES string of the molecule is COc1ccccc1C(=O)CCc1cc(C)ccc1C. The Labute approximate surface area is 120 Å². The first-order valence-corrected chi connectivity index (χ1v) is 6.84. The van der Waals surface area contributed by atoms with Gasteiger partial charge in [0.05, 0.1) is 12.7 Å². The van der Waals surface area contributed by atoms with Crippen LogP contribution in [0.3, 0.4) is 0 Å². The summed E-state index contributed by atoms with van der Waals surface area (Å²) in [5, 5.41) is 0. The molecule has 0 aliphatic rings. The third kappa shape index (κ3) is 3.27. The van der Waals surface area contributed by atoms with Crippen LogP contribution in [0.4, 0.5) is 0 Å². The Morgan fingerprint density at radius 2 is 1.85 bits per heavy atom. The molecule has 0 saturated carbocycles. The van der Waals surface area contributed by atoms with Gasteiger partial charge in [-0.05, 0) is 43.5 Å². The highest BCUT2D eigenvalue weighted by Gasteiger charge is 2.12. The maximum atomic E-state index is 12.3. The van der Waals surface area contributed by atoms with Gasteiger partial charge in [-0.1, -0.05) is 35.9 Å². The number of carbonyl (C=O) groups excluding carboxylic acids is 1. The van der Waals surface area contributed by atoms with Gasteiger partial charge >= 0.3 is 0 Å². The van der Waals surface area contributed by atoms with Crippen LogP contribution in [0.25, 0.3) is 0 Å². The molecule has 0 amide bonds. The van der Waals surface area contributed by atoms with Crippen LogP contribution >= 0.6 is 0 Å². The zero-order valence-electron chi connectivity index (χ0n) is 12.3. The number of hydrogen-bond acceptors (Lipinski definition) is 2. The fourth-order valence-corrected chi connectivity index (χ4v) is 2.33. The van der Waals surface area contributed by atoms with Crippen LogP contribution in [0.1, 0.15) is 33.5 Å². The van der Waals surface area contributed by atoms with E-state index in [0.29, 0.717) is 17.7 Å². The van der Waals surface area contributed by atoms with Gasteiger partial charge in [0, 0.05) is 6.42 Å². The van der Waals surface area contributed by atoms with E-state index in [9.17, 15) is 4.79 Å². The Hall–Kier alpha value is -2.09. The molecule has 0 saturated heterocycles. The summed E-state index contributed by atoms with van der Waals surface area (Å²) >= 11 is 0. The van der Waals surface area contributed by atoms with Gasteiger partial charge in [-0.3, -0.25) is 4.79 Å². The van der Waals surface area contributed by atoms with Gasteiger partial charge in [0.25, 0.3) is 0 Å². The molecule has 20 heavy (non-hydrogen) atoms. The van der Waals surface area contributed by atoms with Gasteiger partial charge in [0.1, 0.15) is 5.75 Å². The van der Waals surface area contributed by atoms with Crippen molar-refractivity contribution in [1.82, 2.24) is 0 Å². The Balaban J connectivity index is 2.11. The second-order valence-electron chi connectivity index (χ2n) is 5.05. The van der Waals surface area contributed by atoms with Crippen molar-refractivity contribution in [2.75, 3.05) is 7.11 Å². The number of ether oxygens (including phenoxy) is 1. The summed E-state index contributed by atoms with van der Waals surface area (Å²) in [6.07, 6.45) is 1.27. The molecule has 0 fully saturated rings. The van der Waals surface area contributed by atoms with Crippen molar-refractivity contribution in [3.8, 4) is 5.75 Å². The van der Waals surface area contributed by atoms with Crippen molar-refractivity contribution in [3.63, 3.8) is 0 Å². The molecule has 0 spiro atoms. The van der Waals surface area contributed by atoms with Crippen LogP contribution in [-0.4, -0.2) is 12.9 Å². The van der Waals surface area contributed by atoms with E-state index >= 15 is 0 Å². The predicted octanol–water partition coefficient (Wildman–Crippen LogP) is 4.13. The lowest BCUT2D eigenvalue weighted by molar-refractivity contribution is 0.0980. The number of methoxy groups -OCH3 is 1. The molecule has 0 atom stereocenters. The summed E-state index contributed by atoms with van der Waals surface area (Å²) in [5.74, 6) is 0.779. The minimum absolute atomic E-state index is 0.128. The number of aryl methyl sites for hydroxylation is 3. The lowest BCUT2D eigenvalue weighted by Crippen LogP contribution is -2.04. The third-order valence-corrected chi connectivity index (χ3v) is 3.53. The van der Waals surface area contributed by atoms with Crippen LogP contribution in [-0.2, 0) is 6.42 Å². The van der Waals surface area contributed by atoms with Crippen LogP contribution in [0, 0.1) is 13.8 Å². The minimum atomic E-state index is 0.128. The van der Waals surface area contributed by atoms with Crippen LogP contribution < -0.4 is 4.74 Å². The van der Waals surface area contributed by atoms with Crippen molar-refractivity contribution < 1.29 is 9.53 Å². The van der Waals surface area contributed by atoms with E-state index in [1.54, 1.807) is 7.11 Å². The van der Waals surface area contributed by atoms with Crippen molar-refractivity contribution in [1.29, 1.82) is 0 Å². The van der Waals surface area contributed by atoms with E-state index in [1.807, 2.05) is 24.3 Å². The first-order chi connectivity index (χ1) is 9.61. The maximum Gasteiger partial charge on any atom is 0.166 e. The molecular weight excluding hydrogens is 248 g/mol. The van der Waals surface area contributed by atoms with E-state index in [4.69, 9.17) is 4.74 Å². The second kappa shape index (κ2) is 6.38. The average molecular weight is 268 g/mol. The Kier molecular flexibility index (Phi) is 4.57. The summed E-state index contributed by atoms with van der Waals surface area (Å²) < 4.78 is 5.24. The fraction of sp³-hybridized carbons (Fsp3) is 0.278. The van der Waals surface area contributed by atoms with Gasteiger partial charge in [-0.2, -0.15) is 0 Å². The van der Waals surface area contributed by atoms with Crippen LogP contribution in [0.15, 0.2) is 42.5 Å². The lowest BCUT2D eigenvalue weighted by Gasteiger charge is -2.09. The first-order valence-electron chi connectivity index (χ1n) is 6.84. The zero-order chi connectivity index (χ0) is 14.5. The number of hydrogen-bond donors (Lipinski definition) is 0. The number of rotatable bonds is 5. The largest absolute Gasteiger partial charge is 0.496 e. The van der Waals surface area contributed by atoms with Crippen molar-refractivity contribution in [2.24, 2.45) is 0 Å². The summed E-state index contributed by atoms with van der Waals surface area (Å²) in [7, 11) is 1.59. The summed E-state index contributed by atoms with van der Waals surface area (Å²) in [4.78, 5) is 12.3. The molecule has 2 rings (SSSR count). The molecule has 2 heteroatoms. The molecule has 0 bridgehead atoms. The maximum absolute atomic E-state index is 12.3. The van der Waals surface area contributed by atoms with E-state index in [-0.39, 0.29) is 5.78 Å². The highest BCUT2D eigenvalue weighted by molar-refractivity contribution is 5.98. The standard InChI is InChI=1S/C18H20O2/c1-13-8-9-14(2)15(12-13)10-11-17(19)16-6-4-5-7-18(16)20-3/h4-9,12H,10-11H2,1-3H3. The van der Waals surface area contributed by atoms with Gasteiger partial charge < -0.3 is 4.74 Å². The predicted molar refractivity (Wildman–Crippen MR) is 81.6 cm³/mol. The fourth-order valence-electron chi connectivity index (χ4n) is 2.33. The Morgan fingerprint density at radius 1 is 1.10 bits per heavy atom. The Morgan fingerprint density at radius 3 is 2.60 bits per heavy atom. The molecule has 2 aromatic rings. The molecule has 2 nitrogen and oxygen atoms in total. The average Bonchev–Trinajstić information content (AvgIpc) is 2.47. The Bertz CT molecular complexity index is 615. The smallest absolute Gasteiger partial charge is 0.166 e. The number of carbonyl (C=O) groups is 1. The summed E-state index contributed by atoms with van der Waals surface area (Å²) in [5.41, 5.74) is 4.38. The molecule has 0 aliphatic carbocycles. The highest BCUT2D eigenvalue weighted by Crippen LogP contribution is 2.20. The number of benzene rings is 2.